The molecule has 0 bridgehead atoms. The van der Waals surface area contributed by atoms with Crippen LogP contribution in [-0.2, 0) is 9.84 Å². The van der Waals surface area contributed by atoms with Crippen LogP contribution in [0, 0.1) is 6.92 Å². The van der Waals surface area contributed by atoms with Crippen molar-refractivity contribution in [1.82, 2.24) is 4.90 Å². The molecule has 1 amide bonds. The van der Waals surface area contributed by atoms with Crippen molar-refractivity contribution in [2.75, 3.05) is 33.6 Å². The summed E-state index contributed by atoms with van der Waals surface area (Å²) in [6.45, 7) is 2.80. The zero-order chi connectivity index (χ0) is 20.0. The highest BCUT2D eigenvalue weighted by Crippen LogP contribution is 2.21. The molecule has 0 spiro atoms. The quantitative estimate of drug-likeness (QED) is 0.647. The molecule has 0 heterocycles. The number of aryl methyl sites for hydroxylation is 1. The Kier molecular flexibility index (Phi) is 6.85. The second-order valence-electron chi connectivity index (χ2n) is 6.38. The Labute approximate surface area is 160 Å². The van der Waals surface area contributed by atoms with Gasteiger partial charge in [-0.3, -0.25) is 4.79 Å². The van der Waals surface area contributed by atoms with E-state index in [1.54, 1.807) is 37.3 Å². The van der Waals surface area contributed by atoms with Gasteiger partial charge in [0, 0.05) is 19.8 Å². The van der Waals surface area contributed by atoms with Gasteiger partial charge in [-0.25, -0.2) is 8.42 Å². The van der Waals surface area contributed by atoms with Gasteiger partial charge in [0.25, 0.3) is 5.91 Å². The molecule has 0 radical (unpaired) electrons. The Hall–Kier alpha value is -2.54. The van der Waals surface area contributed by atoms with Crippen LogP contribution in [-0.4, -0.2) is 52.8 Å². The molecule has 0 aliphatic heterocycles. The first-order valence-corrected chi connectivity index (χ1v) is 10.4. The van der Waals surface area contributed by atoms with Crippen LogP contribution in [0.2, 0.25) is 0 Å². The lowest BCUT2D eigenvalue weighted by Gasteiger charge is -2.19. The highest BCUT2D eigenvalue weighted by atomic mass is 32.2. The molecule has 0 unspecified atom stereocenters. The Balaban J connectivity index is 1.90. The van der Waals surface area contributed by atoms with E-state index in [0.717, 1.165) is 11.8 Å². The van der Waals surface area contributed by atoms with Gasteiger partial charge in [0.1, 0.15) is 11.5 Å². The van der Waals surface area contributed by atoms with E-state index < -0.39 is 9.84 Å². The van der Waals surface area contributed by atoms with Crippen LogP contribution in [0.3, 0.4) is 0 Å². The number of amides is 1. The third-order valence-corrected chi connectivity index (χ3v) is 5.18. The number of methoxy groups -OCH3 is 1. The van der Waals surface area contributed by atoms with Crippen molar-refractivity contribution in [2.45, 2.75) is 18.2 Å². The van der Waals surface area contributed by atoms with Crippen molar-refractivity contribution < 1.29 is 22.7 Å². The standard InChI is InChI=1S/C20H25NO5S/c1-15-9-10-19(25-3)18(13-15)20(22)21(2)11-6-12-26-16-7-5-8-17(14-16)27(4,23)24/h5,7-10,13-14H,6,11-12H2,1-4H3. The third-order valence-electron chi connectivity index (χ3n) is 4.07. The van der Waals surface area contributed by atoms with E-state index in [9.17, 15) is 13.2 Å². The van der Waals surface area contributed by atoms with Crippen molar-refractivity contribution in [3.63, 3.8) is 0 Å². The molecule has 7 heteroatoms. The summed E-state index contributed by atoms with van der Waals surface area (Å²) in [5.41, 5.74) is 1.52. The topological polar surface area (TPSA) is 72.9 Å². The van der Waals surface area contributed by atoms with Gasteiger partial charge in [0.05, 0.1) is 24.2 Å². The summed E-state index contributed by atoms with van der Waals surface area (Å²) in [5.74, 6) is 0.924. The monoisotopic (exact) mass is 391 g/mol. The van der Waals surface area contributed by atoms with E-state index in [1.807, 2.05) is 19.1 Å². The van der Waals surface area contributed by atoms with Crippen LogP contribution in [0.25, 0.3) is 0 Å². The number of carbonyl (C=O) groups is 1. The molecular formula is C20H25NO5S. The van der Waals surface area contributed by atoms with Gasteiger partial charge in [-0.05, 0) is 43.7 Å². The van der Waals surface area contributed by atoms with E-state index in [1.165, 1.54) is 12.1 Å². The molecule has 146 valence electrons. The molecule has 0 saturated carbocycles. The second-order valence-corrected chi connectivity index (χ2v) is 8.40. The minimum absolute atomic E-state index is 0.116. The molecule has 0 N–H and O–H groups in total. The largest absolute Gasteiger partial charge is 0.496 e. The van der Waals surface area contributed by atoms with Crippen LogP contribution in [0.1, 0.15) is 22.3 Å². The van der Waals surface area contributed by atoms with Crippen molar-refractivity contribution in [3.05, 3.63) is 53.6 Å². The molecule has 0 aliphatic rings. The molecular weight excluding hydrogens is 366 g/mol. The van der Waals surface area contributed by atoms with Crippen LogP contribution in [0.15, 0.2) is 47.4 Å². The molecule has 2 rings (SSSR count). The van der Waals surface area contributed by atoms with Crippen LogP contribution >= 0.6 is 0 Å². The average molecular weight is 391 g/mol. The predicted molar refractivity (Wildman–Crippen MR) is 104 cm³/mol. The highest BCUT2D eigenvalue weighted by molar-refractivity contribution is 7.90. The van der Waals surface area contributed by atoms with Gasteiger partial charge >= 0.3 is 0 Å². The zero-order valence-corrected chi connectivity index (χ0v) is 16.9. The van der Waals surface area contributed by atoms with Gasteiger partial charge < -0.3 is 14.4 Å². The molecule has 0 atom stereocenters. The summed E-state index contributed by atoms with van der Waals surface area (Å²) in [6.07, 6.45) is 1.77. The van der Waals surface area contributed by atoms with Gasteiger partial charge in [-0.15, -0.1) is 0 Å². The normalized spacial score (nSPS) is 11.1. The fourth-order valence-electron chi connectivity index (χ4n) is 2.58. The lowest BCUT2D eigenvalue weighted by Crippen LogP contribution is -2.29. The number of rotatable bonds is 8. The Morgan fingerprint density at radius 2 is 1.89 bits per heavy atom. The molecule has 27 heavy (non-hydrogen) atoms. The van der Waals surface area contributed by atoms with Gasteiger partial charge in [0.2, 0.25) is 0 Å². The van der Waals surface area contributed by atoms with Crippen molar-refractivity contribution in [3.8, 4) is 11.5 Å². The molecule has 0 saturated heterocycles. The fraction of sp³-hybridized carbons (Fsp3) is 0.350. The Bertz CT molecular complexity index is 908. The number of hydrogen-bond donors (Lipinski definition) is 0. The maximum absolute atomic E-state index is 12.6. The Morgan fingerprint density at radius 1 is 1.15 bits per heavy atom. The van der Waals surface area contributed by atoms with Crippen LogP contribution < -0.4 is 9.47 Å². The SMILES string of the molecule is COc1ccc(C)cc1C(=O)N(C)CCCOc1cccc(S(C)(=O)=O)c1. The summed E-state index contributed by atoms with van der Waals surface area (Å²) in [4.78, 5) is 14.5. The molecule has 0 aromatic heterocycles. The first kappa shape index (κ1) is 20.8. The van der Waals surface area contributed by atoms with Gasteiger partial charge in [-0.1, -0.05) is 17.7 Å². The first-order valence-electron chi connectivity index (χ1n) is 8.55. The van der Waals surface area contributed by atoms with Crippen molar-refractivity contribution >= 4 is 15.7 Å². The molecule has 0 aliphatic carbocycles. The van der Waals surface area contributed by atoms with Crippen molar-refractivity contribution in [2.24, 2.45) is 0 Å². The van der Waals surface area contributed by atoms with Crippen LogP contribution in [0.5, 0.6) is 11.5 Å². The molecule has 6 nitrogen and oxygen atoms in total. The minimum Gasteiger partial charge on any atom is -0.496 e. The first-order chi connectivity index (χ1) is 12.7. The van der Waals surface area contributed by atoms with Gasteiger partial charge in [-0.2, -0.15) is 0 Å². The third kappa shape index (κ3) is 5.72. The summed E-state index contributed by atoms with van der Waals surface area (Å²) < 4.78 is 34.0. The minimum atomic E-state index is -3.27. The number of ether oxygens (including phenoxy) is 2. The van der Waals surface area contributed by atoms with E-state index >= 15 is 0 Å². The van der Waals surface area contributed by atoms with Crippen LogP contribution in [0.4, 0.5) is 0 Å². The number of hydrogen-bond acceptors (Lipinski definition) is 5. The number of carbonyl (C=O) groups excluding carboxylic acids is 1. The predicted octanol–water partition coefficient (Wildman–Crippen LogP) is 2.95. The van der Waals surface area contributed by atoms with E-state index in [0.29, 0.717) is 36.6 Å². The molecule has 2 aromatic rings. The smallest absolute Gasteiger partial charge is 0.257 e. The van der Waals surface area contributed by atoms with Gasteiger partial charge in [0.15, 0.2) is 9.84 Å². The molecule has 0 fully saturated rings. The van der Waals surface area contributed by atoms with E-state index in [2.05, 4.69) is 0 Å². The number of benzene rings is 2. The highest BCUT2D eigenvalue weighted by Gasteiger charge is 2.16. The maximum Gasteiger partial charge on any atom is 0.257 e. The van der Waals surface area contributed by atoms with E-state index in [-0.39, 0.29) is 10.8 Å². The second kappa shape index (κ2) is 8.90. The lowest BCUT2D eigenvalue weighted by atomic mass is 10.1. The summed E-state index contributed by atoms with van der Waals surface area (Å²) in [7, 11) is 0.00594. The fourth-order valence-corrected chi connectivity index (χ4v) is 3.24. The molecule has 2 aromatic carbocycles. The summed E-state index contributed by atoms with van der Waals surface area (Å²) in [6, 6.07) is 11.9. The zero-order valence-electron chi connectivity index (χ0n) is 16.1. The van der Waals surface area contributed by atoms with E-state index in [4.69, 9.17) is 9.47 Å². The Morgan fingerprint density at radius 3 is 2.56 bits per heavy atom. The summed E-state index contributed by atoms with van der Waals surface area (Å²) in [5, 5.41) is 0. The lowest BCUT2D eigenvalue weighted by molar-refractivity contribution is 0.0784. The number of sulfone groups is 1. The average Bonchev–Trinajstić information content (AvgIpc) is 2.64. The summed E-state index contributed by atoms with van der Waals surface area (Å²) >= 11 is 0. The number of nitrogens with zero attached hydrogens (tertiary/aromatic N) is 1. The maximum atomic E-state index is 12.6. The van der Waals surface area contributed by atoms with Crippen molar-refractivity contribution in [1.29, 1.82) is 0 Å².